The third-order valence-corrected chi connectivity index (χ3v) is 6.41. The zero-order valence-corrected chi connectivity index (χ0v) is 21.2. The fourth-order valence-electron chi connectivity index (χ4n) is 4.56. The summed E-state index contributed by atoms with van der Waals surface area (Å²) < 4.78 is 20.4. The highest BCUT2D eigenvalue weighted by Crippen LogP contribution is 2.39. The zero-order valence-electron chi connectivity index (χ0n) is 21.2. The Morgan fingerprint density at radius 1 is 1.12 bits per heavy atom. The lowest BCUT2D eigenvalue weighted by atomic mass is 9.85. The van der Waals surface area contributed by atoms with E-state index in [4.69, 9.17) is 4.74 Å². The smallest absolute Gasteiger partial charge is 0.263 e. The van der Waals surface area contributed by atoms with E-state index in [2.05, 4.69) is 0 Å². The average Bonchev–Trinajstić information content (AvgIpc) is 2.81. The van der Waals surface area contributed by atoms with Crippen LogP contribution in [0.15, 0.2) is 42.5 Å². The Kier molecular flexibility index (Phi) is 8.01. The van der Waals surface area contributed by atoms with Crippen molar-refractivity contribution < 1.29 is 18.7 Å². The molecule has 0 N–H and O–H groups in total. The highest BCUT2D eigenvalue weighted by atomic mass is 19.1. The molecule has 1 heterocycles. The van der Waals surface area contributed by atoms with Crippen molar-refractivity contribution in [1.29, 1.82) is 0 Å². The standard InChI is InChI=1S/C28H37FN2O3/c1-7-24(26(32)30(8-2)9-3)34-22-14-13-19-15-16-31(27(33)28(4,5)6)25(23(19)18-22)20-11-10-12-21(29)17-20/h10-14,17-18,24-25H,7-9,15-16H2,1-6H3. The number of amides is 2. The number of carbonyl (C=O) groups is 2. The number of fused-ring (bicyclic) bond motifs is 1. The largest absolute Gasteiger partial charge is 0.481 e. The van der Waals surface area contributed by atoms with Crippen molar-refractivity contribution >= 4 is 11.8 Å². The van der Waals surface area contributed by atoms with Crippen LogP contribution in [0.5, 0.6) is 5.75 Å². The van der Waals surface area contributed by atoms with E-state index in [1.807, 2.05) is 70.7 Å². The van der Waals surface area contributed by atoms with Crippen LogP contribution in [0.1, 0.15) is 70.7 Å². The van der Waals surface area contributed by atoms with Gasteiger partial charge in [0.25, 0.3) is 5.91 Å². The molecule has 0 saturated heterocycles. The molecular weight excluding hydrogens is 431 g/mol. The molecule has 34 heavy (non-hydrogen) atoms. The van der Waals surface area contributed by atoms with E-state index < -0.39 is 17.6 Å². The van der Waals surface area contributed by atoms with Gasteiger partial charge in [-0.3, -0.25) is 9.59 Å². The van der Waals surface area contributed by atoms with E-state index >= 15 is 0 Å². The van der Waals surface area contributed by atoms with Crippen molar-refractivity contribution in [3.63, 3.8) is 0 Å². The van der Waals surface area contributed by atoms with Gasteiger partial charge in [-0.2, -0.15) is 0 Å². The number of hydrogen-bond donors (Lipinski definition) is 0. The summed E-state index contributed by atoms with van der Waals surface area (Å²) in [4.78, 5) is 29.9. The summed E-state index contributed by atoms with van der Waals surface area (Å²) in [6.07, 6.45) is 0.675. The van der Waals surface area contributed by atoms with Crippen LogP contribution in [0, 0.1) is 11.2 Å². The number of nitrogens with zero attached hydrogens (tertiary/aromatic N) is 2. The molecule has 1 aliphatic rings. The highest BCUT2D eigenvalue weighted by molar-refractivity contribution is 5.83. The van der Waals surface area contributed by atoms with Gasteiger partial charge < -0.3 is 14.5 Å². The first-order chi connectivity index (χ1) is 16.1. The molecule has 0 spiro atoms. The van der Waals surface area contributed by atoms with Gasteiger partial charge in [-0.1, -0.05) is 45.9 Å². The SMILES string of the molecule is CCC(Oc1ccc2c(c1)C(c1cccc(F)c1)N(C(=O)C(C)(C)C)CC2)C(=O)N(CC)CC. The number of ether oxygens (including phenoxy) is 1. The monoisotopic (exact) mass is 468 g/mol. The maximum Gasteiger partial charge on any atom is 0.263 e. The summed E-state index contributed by atoms with van der Waals surface area (Å²) in [5, 5.41) is 0. The fraction of sp³-hybridized carbons (Fsp3) is 0.500. The van der Waals surface area contributed by atoms with E-state index in [0.717, 1.165) is 16.7 Å². The molecule has 0 bridgehead atoms. The summed E-state index contributed by atoms with van der Waals surface area (Å²) >= 11 is 0. The first-order valence-electron chi connectivity index (χ1n) is 12.2. The first kappa shape index (κ1) is 25.7. The van der Waals surface area contributed by atoms with Gasteiger partial charge in [0.2, 0.25) is 5.91 Å². The third-order valence-electron chi connectivity index (χ3n) is 6.41. The number of benzene rings is 2. The summed E-state index contributed by atoms with van der Waals surface area (Å²) in [6, 6.07) is 11.8. The van der Waals surface area contributed by atoms with E-state index in [0.29, 0.717) is 38.2 Å². The van der Waals surface area contributed by atoms with Crippen LogP contribution >= 0.6 is 0 Å². The van der Waals surface area contributed by atoms with E-state index in [9.17, 15) is 14.0 Å². The molecule has 1 aliphatic heterocycles. The molecule has 0 aliphatic carbocycles. The highest BCUT2D eigenvalue weighted by Gasteiger charge is 2.37. The second kappa shape index (κ2) is 10.6. The maximum atomic E-state index is 14.2. The van der Waals surface area contributed by atoms with Gasteiger partial charge in [0, 0.05) is 25.0 Å². The van der Waals surface area contributed by atoms with Crippen LogP contribution in [-0.4, -0.2) is 47.4 Å². The minimum Gasteiger partial charge on any atom is -0.481 e. The molecular formula is C28H37FN2O3. The summed E-state index contributed by atoms with van der Waals surface area (Å²) in [5.74, 6) is 0.229. The van der Waals surface area contributed by atoms with Gasteiger partial charge in [-0.25, -0.2) is 4.39 Å². The Morgan fingerprint density at radius 2 is 1.82 bits per heavy atom. The van der Waals surface area contributed by atoms with Gasteiger partial charge in [0.15, 0.2) is 6.10 Å². The molecule has 184 valence electrons. The molecule has 0 aromatic heterocycles. The van der Waals surface area contributed by atoms with Crippen molar-refractivity contribution in [2.45, 2.75) is 66.5 Å². The van der Waals surface area contributed by atoms with Gasteiger partial charge >= 0.3 is 0 Å². The summed E-state index contributed by atoms with van der Waals surface area (Å²) in [5.41, 5.74) is 2.17. The van der Waals surface area contributed by atoms with Crippen LogP contribution in [0.25, 0.3) is 0 Å². The molecule has 0 radical (unpaired) electrons. The summed E-state index contributed by atoms with van der Waals surface area (Å²) in [6.45, 7) is 13.4. The number of hydrogen-bond acceptors (Lipinski definition) is 3. The van der Waals surface area contributed by atoms with E-state index in [1.165, 1.54) is 12.1 Å². The van der Waals surface area contributed by atoms with Crippen LogP contribution in [0.3, 0.4) is 0 Å². The van der Waals surface area contributed by atoms with Crippen molar-refractivity contribution in [1.82, 2.24) is 9.80 Å². The van der Waals surface area contributed by atoms with Crippen molar-refractivity contribution in [2.24, 2.45) is 5.41 Å². The minimum atomic E-state index is -0.582. The Hall–Kier alpha value is -2.89. The number of rotatable bonds is 7. The lowest BCUT2D eigenvalue weighted by molar-refractivity contribution is -0.141. The molecule has 2 aromatic carbocycles. The average molecular weight is 469 g/mol. The zero-order chi connectivity index (χ0) is 25.0. The maximum absolute atomic E-state index is 14.2. The molecule has 2 atom stereocenters. The fourth-order valence-corrected chi connectivity index (χ4v) is 4.56. The Morgan fingerprint density at radius 3 is 2.41 bits per heavy atom. The quantitative estimate of drug-likeness (QED) is 0.549. The Bertz CT molecular complexity index is 1030. The molecule has 0 fully saturated rings. The van der Waals surface area contributed by atoms with Gasteiger partial charge in [-0.05, 0) is 67.6 Å². The van der Waals surface area contributed by atoms with Crippen LogP contribution in [-0.2, 0) is 16.0 Å². The molecule has 0 saturated carbocycles. The van der Waals surface area contributed by atoms with E-state index in [1.54, 1.807) is 11.0 Å². The predicted molar refractivity (Wildman–Crippen MR) is 132 cm³/mol. The summed E-state index contributed by atoms with van der Waals surface area (Å²) in [7, 11) is 0. The van der Waals surface area contributed by atoms with Crippen LogP contribution in [0.2, 0.25) is 0 Å². The molecule has 2 amide bonds. The number of likely N-dealkylation sites (N-methyl/N-ethyl adjacent to an activating group) is 1. The minimum absolute atomic E-state index is 0.0156. The van der Waals surface area contributed by atoms with Crippen molar-refractivity contribution in [3.05, 3.63) is 65.0 Å². The van der Waals surface area contributed by atoms with Gasteiger partial charge in [-0.15, -0.1) is 0 Å². The lowest BCUT2D eigenvalue weighted by Gasteiger charge is -2.41. The molecule has 3 rings (SSSR count). The first-order valence-corrected chi connectivity index (χ1v) is 12.2. The van der Waals surface area contributed by atoms with Crippen molar-refractivity contribution in [3.8, 4) is 5.75 Å². The second-order valence-electron chi connectivity index (χ2n) is 9.84. The van der Waals surface area contributed by atoms with Crippen molar-refractivity contribution in [2.75, 3.05) is 19.6 Å². The van der Waals surface area contributed by atoms with Gasteiger partial charge in [0.05, 0.1) is 6.04 Å². The second-order valence-corrected chi connectivity index (χ2v) is 9.84. The van der Waals surface area contributed by atoms with E-state index in [-0.39, 0.29) is 17.6 Å². The topological polar surface area (TPSA) is 49.9 Å². The normalized spacial score (nSPS) is 16.6. The van der Waals surface area contributed by atoms with Crippen LogP contribution in [0.4, 0.5) is 4.39 Å². The van der Waals surface area contributed by atoms with Gasteiger partial charge in [0.1, 0.15) is 11.6 Å². The van der Waals surface area contributed by atoms with Crippen LogP contribution < -0.4 is 4.74 Å². The molecule has 2 unspecified atom stereocenters. The predicted octanol–water partition coefficient (Wildman–Crippen LogP) is 5.37. The third kappa shape index (κ3) is 5.43. The number of carbonyl (C=O) groups excluding carboxylic acids is 2. The molecule has 5 nitrogen and oxygen atoms in total. The lowest BCUT2D eigenvalue weighted by Crippen LogP contribution is -2.45. The Balaban J connectivity index is 2.03. The molecule has 2 aromatic rings. The molecule has 6 heteroatoms. The Labute approximate surface area is 202 Å². The number of halogens is 1.